The zero-order valence-electron chi connectivity index (χ0n) is 19.3. The van der Waals surface area contributed by atoms with Crippen molar-refractivity contribution in [1.82, 2.24) is 24.8 Å². The molecule has 10 heteroatoms. The van der Waals surface area contributed by atoms with E-state index in [4.69, 9.17) is 0 Å². The summed E-state index contributed by atoms with van der Waals surface area (Å²) < 4.78 is 0. The topological polar surface area (TPSA) is 148 Å². The molecule has 10 nitrogen and oxygen atoms in total. The van der Waals surface area contributed by atoms with E-state index in [9.17, 15) is 20.4 Å². The third-order valence-corrected chi connectivity index (χ3v) is 6.64. The van der Waals surface area contributed by atoms with E-state index >= 15 is 0 Å². The van der Waals surface area contributed by atoms with E-state index in [1.165, 1.54) is 18.4 Å². The Kier molecular flexibility index (Phi) is 6.98. The number of aliphatic hydroxyl groups excluding tert-OH is 4. The Morgan fingerprint density at radius 1 is 0.914 bits per heavy atom. The molecule has 0 unspecified atom stereocenters. The van der Waals surface area contributed by atoms with Gasteiger partial charge in [-0.1, -0.05) is 0 Å². The van der Waals surface area contributed by atoms with Gasteiger partial charge < -0.3 is 25.7 Å². The average molecular weight is 479 g/mol. The van der Waals surface area contributed by atoms with Crippen LogP contribution in [0.4, 0.5) is 5.69 Å². The lowest BCUT2D eigenvalue weighted by Gasteiger charge is -2.42. The van der Waals surface area contributed by atoms with E-state index in [2.05, 4.69) is 37.4 Å². The van der Waals surface area contributed by atoms with E-state index in [1.807, 2.05) is 6.07 Å². The van der Waals surface area contributed by atoms with Gasteiger partial charge in [-0.3, -0.25) is 14.9 Å². The Morgan fingerprint density at radius 3 is 2.34 bits per heavy atom. The number of nitrogens with one attached hydrogen (secondary N) is 1. The van der Waals surface area contributed by atoms with Gasteiger partial charge in [0.05, 0.1) is 49.1 Å². The fraction of sp³-hybridized carbons (Fsp3) is 0.440. The predicted molar refractivity (Wildman–Crippen MR) is 128 cm³/mol. The fourth-order valence-electron chi connectivity index (χ4n) is 4.50. The van der Waals surface area contributed by atoms with Crippen molar-refractivity contribution in [2.75, 3.05) is 18.5 Å². The van der Waals surface area contributed by atoms with E-state index in [0.717, 1.165) is 16.9 Å². The molecule has 1 aliphatic carbocycles. The van der Waals surface area contributed by atoms with Gasteiger partial charge in [-0.25, -0.2) is 9.97 Å². The van der Waals surface area contributed by atoms with Crippen LogP contribution >= 0.6 is 0 Å². The van der Waals surface area contributed by atoms with Gasteiger partial charge in [-0.15, -0.1) is 0 Å². The van der Waals surface area contributed by atoms with E-state index in [1.54, 1.807) is 35.8 Å². The van der Waals surface area contributed by atoms with Crippen molar-refractivity contribution in [3.8, 4) is 11.4 Å². The minimum Gasteiger partial charge on any atom is -0.395 e. The van der Waals surface area contributed by atoms with Crippen molar-refractivity contribution < 1.29 is 20.4 Å². The van der Waals surface area contributed by atoms with Crippen molar-refractivity contribution in [3.05, 3.63) is 66.0 Å². The summed E-state index contributed by atoms with van der Waals surface area (Å²) >= 11 is 0. The Hall–Kier alpha value is -3.02. The molecule has 2 fully saturated rings. The van der Waals surface area contributed by atoms with Crippen LogP contribution in [-0.2, 0) is 13.1 Å². The van der Waals surface area contributed by atoms with Gasteiger partial charge >= 0.3 is 0 Å². The monoisotopic (exact) mass is 478 g/mol. The molecular weight excluding hydrogens is 448 g/mol. The van der Waals surface area contributed by atoms with Gasteiger partial charge in [-0.2, -0.15) is 0 Å². The number of likely N-dealkylation sites (tertiary alicyclic amines) is 1. The number of aromatic nitrogens is 4. The highest BCUT2D eigenvalue weighted by atomic mass is 16.4. The molecule has 3 aromatic rings. The lowest BCUT2D eigenvalue weighted by Crippen LogP contribution is -2.62. The van der Waals surface area contributed by atoms with Crippen LogP contribution in [0.3, 0.4) is 0 Å². The van der Waals surface area contributed by atoms with Crippen LogP contribution in [0.5, 0.6) is 0 Å². The fourth-order valence-corrected chi connectivity index (χ4v) is 4.50. The normalized spacial score (nSPS) is 24.9. The molecule has 5 rings (SSSR count). The van der Waals surface area contributed by atoms with Crippen molar-refractivity contribution in [2.24, 2.45) is 0 Å². The molecule has 2 aromatic heterocycles. The standard InChI is InChI=1S/C25H30N6O4/c32-14-21-23(34)24(35)22(33)13-31(21)12-20-11-29-19(10-30-20)9-28-18-7-16(15-2-3-15)6-17(8-18)25-26-4-1-5-27-25/h1,4-8,10-11,15,21-24,28,32-35H,2-3,9,12-14H2/t21-,22+,23-,24-/m1/s1. The van der Waals surface area contributed by atoms with Crippen LogP contribution in [0.25, 0.3) is 11.4 Å². The van der Waals surface area contributed by atoms with E-state index < -0.39 is 24.4 Å². The first-order valence-electron chi connectivity index (χ1n) is 11.9. The number of rotatable bonds is 8. The molecule has 4 atom stereocenters. The predicted octanol–water partition coefficient (Wildman–Crippen LogP) is 0.682. The van der Waals surface area contributed by atoms with Gasteiger partial charge in [0.1, 0.15) is 12.2 Å². The number of benzene rings is 1. The highest BCUT2D eigenvalue weighted by molar-refractivity contribution is 5.65. The van der Waals surface area contributed by atoms with Gasteiger partial charge in [0.2, 0.25) is 0 Å². The molecular formula is C25H30N6O4. The van der Waals surface area contributed by atoms with Crippen molar-refractivity contribution in [3.63, 3.8) is 0 Å². The largest absolute Gasteiger partial charge is 0.395 e. The molecule has 2 aliphatic rings. The van der Waals surface area contributed by atoms with Gasteiger partial charge in [0.25, 0.3) is 0 Å². The third kappa shape index (κ3) is 5.47. The molecule has 0 radical (unpaired) electrons. The van der Waals surface area contributed by atoms with Crippen LogP contribution in [0, 0.1) is 0 Å². The number of β-amino-alcohol motifs (C(OH)–C–C–N with tert-alkyl or cyclic N) is 1. The first-order chi connectivity index (χ1) is 17.0. The molecule has 184 valence electrons. The van der Waals surface area contributed by atoms with Crippen LogP contribution in [0.15, 0.2) is 49.1 Å². The summed E-state index contributed by atoms with van der Waals surface area (Å²) in [5, 5.41) is 43.1. The highest BCUT2D eigenvalue weighted by Crippen LogP contribution is 2.42. The number of hydrogen-bond donors (Lipinski definition) is 5. The molecule has 0 bridgehead atoms. The number of piperidine rings is 1. The molecule has 5 N–H and O–H groups in total. The Bertz CT molecular complexity index is 1130. The molecule has 1 saturated carbocycles. The zero-order chi connectivity index (χ0) is 24.4. The summed E-state index contributed by atoms with van der Waals surface area (Å²) in [4.78, 5) is 19.5. The van der Waals surface area contributed by atoms with Gasteiger partial charge in [-0.05, 0) is 48.6 Å². The van der Waals surface area contributed by atoms with Crippen molar-refractivity contribution in [1.29, 1.82) is 0 Å². The maximum Gasteiger partial charge on any atom is 0.159 e. The SMILES string of the molecule is OC[C@@H]1[C@@H](O)[C@H](O)[C@@H](O)CN1Cc1cnc(CNc2cc(-c3ncccn3)cc(C3CC3)c2)cn1. The lowest BCUT2D eigenvalue weighted by atomic mass is 9.94. The molecule has 1 aromatic carbocycles. The molecule has 35 heavy (non-hydrogen) atoms. The first kappa shape index (κ1) is 23.7. The Labute approximate surface area is 203 Å². The van der Waals surface area contributed by atoms with Crippen LogP contribution in [0.2, 0.25) is 0 Å². The third-order valence-electron chi connectivity index (χ3n) is 6.64. The molecule has 1 aliphatic heterocycles. The summed E-state index contributed by atoms with van der Waals surface area (Å²) in [5.74, 6) is 1.29. The van der Waals surface area contributed by atoms with Crippen molar-refractivity contribution >= 4 is 5.69 Å². The summed E-state index contributed by atoms with van der Waals surface area (Å²) in [6.07, 6.45) is 5.61. The minimum atomic E-state index is -1.28. The number of hydrogen-bond acceptors (Lipinski definition) is 10. The maximum absolute atomic E-state index is 10.2. The number of nitrogens with zero attached hydrogens (tertiary/aromatic N) is 5. The summed E-state index contributed by atoms with van der Waals surface area (Å²) in [6, 6.07) is 7.50. The Morgan fingerprint density at radius 2 is 1.66 bits per heavy atom. The molecule has 3 heterocycles. The van der Waals surface area contributed by atoms with Gasteiger partial charge in [0.15, 0.2) is 5.82 Å². The second kappa shape index (κ2) is 10.3. The Balaban J connectivity index is 1.25. The average Bonchev–Trinajstić information content (AvgIpc) is 3.73. The second-order valence-corrected chi connectivity index (χ2v) is 9.27. The smallest absolute Gasteiger partial charge is 0.159 e. The number of aliphatic hydroxyl groups is 4. The lowest BCUT2D eigenvalue weighted by molar-refractivity contribution is -0.147. The minimum absolute atomic E-state index is 0.124. The summed E-state index contributed by atoms with van der Waals surface area (Å²) in [6.45, 7) is 0.565. The maximum atomic E-state index is 10.2. The summed E-state index contributed by atoms with van der Waals surface area (Å²) in [7, 11) is 0. The number of anilines is 1. The first-order valence-corrected chi connectivity index (χ1v) is 11.9. The summed E-state index contributed by atoms with van der Waals surface area (Å²) in [5.41, 5.74) is 4.64. The second-order valence-electron chi connectivity index (χ2n) is 9.27. The van der Waals surface area contributed by atoms with Crippen LogP contribution < -0.4 is 5.32 Å². The molecule has 1 saturated heterocycles. The molecule has 0 amide bonds. The van der Waals surface area contributed by atoms with Crippen molar-refractivity contribution in [2.45, 2.75) is 56.2 Å². The van der Waals surface area contributed by atoms with E-state index in [-0.39, 0.29) is 19.7 Å². The van der Waals surface area contributed by atoms with E-state index in [0.29, 0.717) is 24.0 Å². The van der Waals surface area contributed by atoms with Crippen LogP contribution in [0.1, 0.15) is 35.7 Å². The van der Waals surface area contributed by atoms with Gasteiger partial charge in [0, 0.05) is 36.7 Å². The quantitative estimate of drug-likeness (QED) is 0.313. The van der Waals surface area contributed by atoms with Crippen LogP contribution in [-0.4, -0.2) is 82.8 Å². The zero-order valence-corrected chi connectivity index (χ0v) is 19.3. The molecule has 0 spiro atoms. The highest BCUT2D eigenvalue weighted by Gasteiger charge is 2.41.